The first-order valence-corrected chi connectivity index (χ1v) is 5.51. The number of hydrogen-bond donors (Lipinski definition) is 2. The maximum atomic E-state index is 12.8. The number of benzene rings is 1. The van der Waals surface area contributed by atoms with Gasteiger partial charge in [-0.1, -0.05) is 19.1 Å². The predicted molar refractivity (Wildman–Crippen MR) is 59.4 cm³/mol. The van der Waals surface area contributed by atoms with Crippen molar-refractivity contribution < 1.29 is 23.1 Å². The van der Waals surface area contributed by atoms with E-state index in [9.17, 15) is 23.1 Å². The van der Waals surface area contributed by atoms with Crippen molar-refractivity contribution in [3.63, 3.8) is 0 Å². The fourth-order valence-corrected chi connectivity index (χ4v) is 2.23. The van der Waals surface area contributed by atoms with E-state index in [0.717, 1.165) is 6.07 Å². The quantitative estimate of drug-likeness (QED) is 0.858. The Balaban J connectivity index is 2.50. The molecule has 1 unspecified atom stereocenters. The summed E-state index contributed by atoms with van der Waals surface area (Å²) in [6.07, 6.45) is -4.20. The summed E-state index contributed by atoms with van der Waals surface area (Å²) in [6, 6.07) is 3.79. The number of anilines is 1. The van der Waals surface area contributed by atoms with Crippen LogP contribution in [0, 0.1) is 0 Å². The van der Waals surface area contributed by atoms with E-state index in [0.29, 0.717) is 5.56 Å². The third-order valence-corrected chi connectivity index (χ3v) is 3.33. The number of nitrogens with one attached hydrogen (secondary N) is 1. The number of halogens is 3. The molecule has 18 heavy (non-hydrogen) atoms. The highest BCUT2D eigenvalue weighted by molar-refractivity contribution is 5.87. The third-order valence-electron chi connectivity index (χ3n) is 3.33. The maximum Gasteiger partial charge on any atom is 0.418 e. The summed E-state index contributed by atoms with van der Waals surface area (Å²) in [7, 11) is 0. The molecule has 0 aromatic heterocycles. The van der Waals surface area contributed by atoms with Crippen molar-refractivity contribution in [3.8, 4) is 0 Å². The predicted octanol–water partition coefficient (Wildman–Crippen LogP) is 2.91. The van der Waals surface area contributed by atoms with Crippen molar-refractivity contribution in [2.75, 3.05) is 5.32 Å². The van der Waals surface area contributed by atoms with Gasteiger partial charge in [-0.15, -0.1) is 0 Å². The number of carboxylic acids is 1. The average Bonchev–Trinajstić information content (AvgIpc) is 2.66. The number of aliphatic carboxylic acids is 1. The number of fused-ring (bicyclic) bond motifs is 1. The normalized spacial score (nSPS) is 22.4. The highest BCUT2D eigenvalue weighted by Crippen LogP contribution is 2.43. The van der Waals surface area contributed by atoms with Gasteiger partial charge in [-0.25, -0.2) is 4.79 Å². The Morgan fingerprint density at radius 3 is 2.67 bits per heavy atom. The lowest BCUT2D eigenvalue weighted by molar-refractivity contribution is -0.142. The number of carboxylic acid groups (broad SMARTS) is 1. The summed E-state index contributed by atoms with van der Waals surface area (Å²) >= 11 is 0. The molecule has 1 aromatic rings. The molecule has 1 aromatic carbocycles. The van der Waals surface area contributed by atoms with Crippen LogP contribution in [0.25, 0.3) is 0 Å². The molecule has 2 N–H and O–H groups in total. The van der Waals surface area contributed by atoms with Gasteiger partial charge in [0.2, 0.25) is 0 Å². The molecule has 0 spiro atoms. The molecule has 1 aliphatic heterocycles. The van der Waals surface area contributed by atoms with Crippen LogP contribution in [0.1, 0.15) is 24.5 Å². The van der Waals surface area contributed by atoms with Gasteiger partial charge in [0.25, 0.3) is 0 Å². The van der Waals surface area contributed by atoms with E-state index in [1.807, 2.05) is 0 Å². The van der Waals surface area contributed by atoms with Gasteiger partial charge in [-0.05, 0) is 18.1 Å². The fraction of sp³-hybridized carbons (Fsp3) is 0.417. The van der Waals surface area contributed by atoms with Crippen LogP contribution in [0.3, 0.4) is 0 Å². The molecule has 0 radical (unpaired) electrons. The lowest BCUT2D eigenvalue weighted by Gasteiger charge is -2.23. The van der Waals surface area contributed by atoms with Gasteiger partial charge < -0.3 is 10.4 Å². The largest absolute Gasteiger partial charge is 0.479 e. The maximum absolute atomic E-state index is 12.8. The highest BCUT2D eigenvalue weighted by Gasteiger charge is 2.46. The zero-order chi connectivity index (χ0) is 13.6. The van der Waals surface area contributed by atoms with Crippen molar-refractivity contribution in [3.05, 3.63) is 29.3 Å². The molecule has 0 aliphatic carbocycles. The Hall–Kier alpha value is -1.72. The molecule has 1 aliphatic rings. The molecule has 0 bridgehead atoms. The van der Waals surface area contributed by atoms with E-state index in [4.69, 9.17) is 0 Å². The first-order valence-electron chi connectivity index (χ1n) is 5.51. The van der Waals surface area contributed by atoms with E-state index in [-0.39, 0.29) is 18.5 Å². The minimum Gasteiger partial charge on any atom is -0.479 e. The summed E-state index contributed by atoms with van der Waals surface area (Å²) in [4.78, 5) is 11.2. The van der Waals surface area contributed by atoms with Crippen LogP contribution in [0.4, 0.5) is 18.9 Å². The van der Waals surface area contributed by atoms with E-state index >= 15 is 0 Å². The van der Waals surface area contributed by atoms with E-state index in [1.165, 1.54) is 12.1 Å². The Bertz CT molecular complexity index is 499. The zero-order valence-corrected chi connectivity index (χ0v) is 9.64. The molecule has 1 heterocycles. The monoisotopic (exact) mass is 259 g/mol. The standard InChI is InChI=1S/C12H12F3NO2/c1-2-11(10(17)18)6-7-4-3-5-8(9(7)16-11)12(13,14)15/h3-5,16H,2,6H2,1H3,(H,17,18). The van der Waals surface area contributed by atoms with E-state index in [2.05, 4.69) is 5.32 Å². The SMILES string of the molecule is CCC1(C(=O)O)Cc2cccc(C(F)(F)F)c2N1. The summed E-state index contributed by atoms with van der Waals surface area (Å²) < 4.78 is 38.4. The van der Waals surface area contributed by atoms with Gasteiger partial charge >= 0.3 is 12.1 Å². The van der Waals surface area contributed by atoms with Gasteiger partial charge in [0.1, 0.15) is 5.54 Å². The smallest absolute Gasteiger partial charge is 0.418 e. The number of hydrogen-bond acceptors (Lipinski definition) is 2. The van der Waals surface area contributed by atoms with Gasteiger partial charge in [0, 0.05) is 6.42 Å². The molecule has 98 valence electrons. The molecule has 0 amide bonds. The lowest BCUT2D eigenvalue weighted by atomic mass is 9.92. The van der Waals surface area contributed by atoms with Crippen LogP contribution in [0.2, 0.25) is 0 Å². The molecule has 2 rings (SSSR count). The van der Waals surface area contributed by atoms with Gasteiger partial charge in [0.15, 0.2) is 0 Å². The second kappa shape index (κ2) is 3.90. The Morgan fingerprint density at radius 2 is 2.17 bits per heavy atom. The second-order valence-corrected chi connectivity index (χ2v) is 4.38. The van der Waals surface area contributed by atoms with E-state index < -0.39 is 23.2 Å². The molecule has 3 nitrogen and oxygen atoms in total. The second-order valence-electron chi connectivity index (χ2n) is 4.38. The Labute approximate surface area is 102 Å². The van der Waals surface area contributed by atoms with Crippen molar-refractivity contribution in [2.24, 2.45) is 0 Å². The average molecular weight is 259 g/mol. The molecule has 0 saturated heterocycles. The number of alkyl halides is 3. The minimum atomic E-state index is -4.49. The number of para-hydroxylation sites is 1. The van der Waals surface area contributed by atoms with Crippen LogP contribution in [-0.2, 0) is 17.4 Å². The van der Waals surface area contributed by atoms with Crippen LogP contribution in [-0.4, -0.2) is 16.6 Å². The molecule has 0 saturated carbocycles. The topological polar surface area (TPSA) is 49.3 Å². The summed E-state index contributed by atoms with van der Waals surface area (Å²) in [5.41, 5.74) is -1.84. The molecular weight excluding hydrogens is 247 g/mol. The first kappa shape index (κ1) is 12.7. The van der Waals surface area contributed by atoms with Gasteiger partial charge in [-0.3, -0.25) is 0 Å². The van der Waals surface area contributed by atoms with E-state index in [1.54, 1.807) is 6.92 Å². The van der Waals surface area contributed by atoms with Crippen LogP contribution < -0.4 is 5.32 Å². The lowest BCUT2D eigenvalue weighted by Crippen LogP contribution is -2.44. The van der Waals surface area contributed by atoms with Gasteiger partial charge in [0.05, 0.1) is 11.3 Å². The van der Waals surface area contributed by atoms with Crippen LogP contribution in [0.15, 0.2) is 18.2 Å². The summed E-state index contributed by atoms with van der Waals surface area (Å²) in [5, 5.41) is 11.7. The van der Waals surface area contributed by atoms with Crippen molar-refractivity contribution in [2.45, 2.75) is 31.5 Å². The third kappa shape index (κ3) is 1.81. The zero-order valence-electron chi connectivity index (χ0n) is 9.64. The summed E-state index contributed by atoms with van der Waals surface area (Å²) in [6.45, 7) is 1.64. The first-order chi connectivity index (χ1) is 8.30. The van der Waals surface area contributed by atoms with Crippen LogP contribution in [0.5, 0.6) is 0 Å². The van der Waals surface area contributed by atoms with Crippen LogP contribution >= 0.6 is 0 Å². The fourth-order valence-electron chi connectivity index (χ4n) is 2.23. The van der Waals surface area contributed by atoms with Gasteiger partial charge in [-0.2, -0.15) is 13.2 Å². The van der Waals surface area contributed by atoms with Crippen molar-refractivity contribution in [1.82, 2.24) is 0 Å². The highest BCUT2D eigenvalue weighted by atomic mass is 19.4. The number of rotatable bonds is 2. The molecule has 0 fully saturated rings. The molecule has 1 atom stereocenters. The number of carbonyl (C=O) groups is 1. The molecule has 6 heteroatoms. The summed E-state index contributed by atoms with van der Waals surface area (Å²) in [5.74, 6) is -1.13. The minimum absolute atomic E-state index is 0.0675. The Morgan fingerprint density at radius 1 is 1.50 bits per heavy atom. The Kier molecular flexibility index (Phi) is 2.76. The molecular formula is C12H12F3NO2. The van der Waals surface area contributed by atoms with Crippen molar-refractivity contribution in [1.29, 1.82) is 0 Å². The van der Waals surface area contributed by atoms with Crippen molar-refractivity contribution >= 4 is 11.7 Å².